The van der Waals surface area contributed by atoms with Crippen LogP contribution in [0.5, 0.6) is 0 Å². The number of hydrogen-bond acceptors (Lipinski definition) is 2. The quantitative estimate of drug-likeness (QED) is 0.479. The van der Waals surface area contributed by atoms with E-state index < -0.39 is 0 Å². The average molecular weight is 100 g/mol. The normalized spacial score (nSPS) is 10.6. The number of nitrogens with one attached hydrogen (secondary N) is 1. The molecule has 2 heteroatoms. The van der Waals surface area contributed by atoms with Crippen LogP contribution in [0.15, 0.2) is 12.2 Å². The van der Waals surface area contributed by atoms with Gasteiger partial charge in [0.25, 0.3) is 0 Å². The molecule has 0 unspecified atom stereocenters. The molecule has 42 valence electrons. The fraction of sp³-hybridized carbons (Fsp3) is 0.600. The molecule has 0 aliphatic carbocycles. The summed E-state index contributed by atoms with van der Waals surface area (Å²) in [6.45, 7) is 1.55. The Morgan fingerprint density at radius 3 is 2.71 bits per heavy atom. The van der Waals surface area contributed by atoms with Crippen molar-refractivity contribution in [2.75, 3.05) is 20.1 Å². The van der Waals surface area contributed by atoms with Gasteiger partial charge in [-0.15, -0.1) is 0 Å². The van der Waals surface area contributed by atoms with E-state index in [0.717, 1.165) is 6.54 Å². The fourth-order valence-corrected chi connectivity index (χ4v) is 0.297. The molecule has 0 aromatic carbocycles. The van der Waals surface area contributed by atoms with E-state index in [1.165, 1.54) is 0 Å². The first-order chi connectivity index (χ1) is 3.41. The van der Waals surface area contributed by atoms with Crippen LogP contribution >= 0.6 is 0 Å². The molecule has 0 atom stereocenters. The van der Waals surface area contributed by atoms with Crippen LogP contribution in [0.4, 0.5) is 0 Å². The molecular weight excluding hydrogens is 88.1 g/mol. The fourth-order valence-electron chi connectivity index (χ4n) is 0.297. The average Bonchev–Trinajstić information content (AvgIpc) is 1.69. The van der Waals surface area contributed by atoms with E-state index in [1.807, 2.05) is 19.2 Å². The van der Waals surface area contributed by atoms with Gasteiger partial charge in [-0.1, -0.05) is 12.2 Å². The second kappa shape index (κ2) is 5.66. The minimum atomic E-state index is 0.641. The van der Waals surface area contributed by atoms with Crippen LogP contribution in [0, 0.1) is 0 Å². The molecule has 0 rings (SSSR count). The second-order valence-corrected chi connectivity index (χ2v) is 1.26. The largest absolute Gasteiger partial charge is 0.327 e. The monoisotopic (exact) mass is 100 g/mol. The molecule has 0 aliphatic rings. The Bertz CT molecular complexity index is 50.0. The van der Waals surface area contributed by atoms with Gasteiger partial charge < -0.3 is 11.1 Å². The number of nitrogens with two attached hydrogens (primary N) is 1. The van der Waals surface area contributed by atoms with Crippen LogP contribution < -0.4 is 11.1 Å². The second-order valence-electron chi connectivity index (χ2n) is 1.26. The Morgan fingerprint density at radius 2 is 2.29 bits per heavy atom. The maximum atomic E-state index is 5.15. The van der Waals surface area contributed by atoms with Gasteiger partial charge in [0, 0.05) is 13.1 Å². The summed E-state index contributed by atoms with van der Waals surface area (Å²) < 4.78 is 0. The Balaban J connectivity index is 2.78. The van der Waals surface area contributed by atoms with Crippen LogP contribution in [-0.4, -0.2) is 20.1 Å². The molecule has 3 N–H and O–H groups in total. The van der Waals surface area contributed by atoms with E-state index in [2.05, 4.69) is 5.32 Å². The predicted octanol–water partition coefficient (Wildman–Crippen LogP) is -0.279. The number of rotatable bonds is 3. The highest BCUT2D eigenvalue weighted by Crippen LogP contribution is 1.62. The summed E-state index contributed by atoms with van der Waals surface area (Å²) in [5, 5.41) is 2.96. The molecule has 0 heterocycles. The third-order valence-corrected chi connectivity index (χ3v) is 0.625. The Hall–Kier alpha value is -0.340. The van der Waals surface area contributed by atoms with E-state index >= 15 is 0 Å². The highest BCUT2D eigenvalue weighted by atomic mass is 14.8. The van der Waals surface area contributed by atoms with Crippen molar-refractivity contribution in [3.05, 3.63) is 12.2 Å². The molecule has 0 saturated carbocycles. The smallest absolute Gasteiger partial charge is 0.0132 e. The summed E-state index contributed by atoms with van der Waals surface area (Å²) in [7, 11) is 1.90. The van der Waals surface area contributed by atoms with Gasteiger partial charge in [-0.25, -0.2) is 0 Å². The zero-order chi connectivity index (χ0) is 5.54. The van der Waals surface area contributed by atoms with Crippen molar-refractivity contribution in [2.45, 2.75) is 0 Å². The van der Waals surface area contributed by atoms with Crippen LogP contribution in [0.25, 0.3) is 0 Å². The van der Waals surface area contributed by atoms with Gasteiger partial charge in [0.15, 0.2) is 0 Å². The summed E-state index contributed by atoms with van der Waals surface area (Å²) in [5.41, 5.74) is 5.15. The van der Waals surface area contributed by atoms with Crippen LogP contribution in [0.3, 0.4) is 0 Å². The summed E-state index contributed by atoms with van der Waals surface area (Å²) >= 11 is 0. The zero-order valence-corrected chi connectivity index (χ0v) is 4.65. The van der Waals surface area contributed by atoms with Crippen molar-refractivity contribution in [3.8, 4) is 0 Å². The van der Waals surface area contributed by atoms with Crippen molar-refractivity contribution >= 4 is 0 Å². The Morgan fingerprint density at radius 1 is 1.57 bits per heavy atom. The van der Waals surface area contributed by atoms with E-state index in [4.69, 9.17) is 5.73 Å². The lowest BCUT2D eigenvalue weighted by molar-refractivity contribution is 0.916. The maximum Gasteiger partial charge on any atom is 0.0132 e. The first kappa shape index (κ1) is 6.66. The molecule has 0 amide bonds. The summed E-state index contributed by atoms with van der Waals surface area (Å²) in [4.78, 5) is 0. The molecule has 0 saturated heterocycles. The van der Waals surface area contributed by atoms with E-state index in [0.29, 0.717) is 6.54 Å². The topological polar surface area (TPSA) is 38.0 Å². The van der Waals surface area contributed by atoms with Gasteiger partial charge in [0.05, 0.1) is 0 Å². The van der Waals surface area contributed by atoms with Gasteiger partial charge in [-0.3, -0.25) is 0 Å². The molecular formula is C5H12N2. The Kier molecular flexibility index (Phi) is 5.39. The number of hydrogen-bond donors (Lipinski definition) is 2. The van der Waals surface area contributed by atoms with Crippen LogP contribution in [0.1, 0.15) is 0 Å². The Labute approximate surface area is 44.4 Å². The van der Waals surface area contributed by atoms with Crippen molar-refractivity contribution in [1.82, 2.24) is 5.32 Å². The first-order valence-electron chi connectivity index (χ1n) is 2.41. The van der Waals surface area contributed by atoms with Gasteiger partial charge in [0.1, 0.15) is 0 Å². The lowest BCUT2D eigenvalue weighted by Crippen LogP contribution is -2.04. The van der Waals surface area contributed by atoms with Crippen LogP contribution in [0.2, 0.25) is 0 Å². The van der Waals surface area contributed by atoms with Gasteiger partial charge in [0.2, 0.25) is 0 Å². The van der Waals surface area contributed by atoms with Crippen molar-refractivity contribution in [2.24, 2.45) is 5.73 Å². The highest BCUT2D eigenvalue weighted by molar-refractivity contribution is 4.83. The molecule has 2 nitrogen and oxygen atoms in total. The van der Waals surface area contributed by atoms with Crippen molar-refractivity contribution in [3.63, 3.8) is 0 Å². The third-order valence-electron chi connectivity index (χ3n) is 0.625. The predicted molar refractivity (Wildman–Crippen MR) is 32.1 cm³/mol. The molecule has 0 bridgehead atoms. The van der Waals surface area contributed by atoms with Crippen molar-refractivity contribution < 1.29 is 0 Å². The van der Waals surface area contributed by atoms with E-state index in [9.17, 15) is 0 Å². The first-order valence-corrected chi connectivity index (χ1v) is 2.41. The molecule has 0 fully saturated rings. The standard InChI is InChI=1S/C5H12N2/c1-7-5-3-2-4-6/h2-3,7H,4-6H2,1H3. The minimum absolute atomic E-state index is 0.641. The molecule has 0 aromatic rings. The SMILES string of the molecule is CNCC=CCN. The minimum Gasteiger partial charge on any atom is -0.327 e. The summed E-state index contributed by atoms with van der Waals surface area (Å²) in [5.74, 6) is 0. The van der Waals surface area contributed by atoms with Crippen molar-refractivity contribution in [1.29, 1.82) is 0 Å². The van der Waals surface area contributed by atoms with Gasteiger partial charge in [-0.2, -0.15) is 0 Å². The summed E-state index contributed by atoms with van der Waals surface area (Å²) in [6, 6.07) is 0. The van der Waals surface area contributed by atoms with Crippen LogP contribution in [-0.2, 0) is 0 Å². The van der Waals surface area contributed by atoms with Gasteiger partial charge >= 0.3 is 0 Å². The molecule has 0 aromatic heterocycles. The number of likely N-dealkylation sites (N-methyl/N-ethyl adjacent to an activating group) is 1. The zero-order valence-electron chi connectivity index (χ0n) is 4.65. The van der Waals surface area contributed by atoms with E-state index in [1.54, 1.807) is 0 Å². The summed E-state index contributed by atoms with van der Waals surface area (Å²) in [6.07, 6.45) is 3.93. The molecule has 0 radical (unpaired) electrons. The van der Waals surface area contributed by atoms with E-state index in [-0.39, 0.29) is 0 Å². The molecule has 0 aliphatic heterocycles. The third kappa shape index (κ3) is 5.66. The molecule has 0 spiro atoms. The van der Waals surface area contributed by atoms with Gasteiger partial charge in [-0.05, 0) is 7.05 Å². The molecule has 7 heavy (non-hydrogen) atoms. The lowest BCUT2D eigenvalue weighted by atomic mass is 10.5. The maximum absolute atomic E-state index is 5.15. The highest BCUT2D eigenvalue weighted by Gasteiger charge is 1.65. The lowest BCUT2D eigenvalue weighted by Gasteiger charge is -1.84.